The fourth-order valence-corrected chi connectivity index (χ4v) is 2.67. The fourth-order valence-electron chi connectivity index (χ4n) is 2.35. The lowest BCUT2D eigenvalue weighted by atomic mass is 10.1. The molecule has 4 nitrogen and oxygen atoms in total. The normalized spacial score (nSPS) is 19.5. The van der Waals surface area contributed by atoms with Gasteiger partial charge in [-0.05, 0) is 25.0 Å². The molecule has 0 aromatic heterocycles. The van der Waals surface area contributed by atoms with Crippen LogP contribution in [0.2, 0.25) is 5.02 Å². The van der Waals surface area contributed by atoms with E-state index >= 15 is 0 Å². The highest BCUT2D eigenvalue weighted by atomic mass is 35.5. The number of anilines is 1. The van der Waals surface area contributed by atoms with Crippen molar-refractivity contribution in [3.05, 3.63) is 28.8 Å². The maximum atomic E-state index is 12.4. The fraction of sp³-hybridized carbons (Fsp3) is 0.429. The minimum absolute atomic E-state index is 0.0314. The SMILES string of the molecule is CCCC1NC(=O)CN(c2c(C)cccc2Cl)C1=O. The van der Waals surface area contributed by atoms with Crippen molar-refractivity contribution in [1.29, 1.82) is 0 Å². The third kappa shape index (κ3) is 2.73. The average Bonchev–Trinajstić information content (AvgIpc) is 2.34. The van der Waals surface area contributed by atoms with E-state index in [0.29, 0.717) is 17.1 Å². The van der Waals surface area contributed by atoms with Crippen LogP contribution in [0, 0.1) is 6.92 Å². The average molecular weight is 281 g/mol. The highest BCUT2D eigenvalue weighted by molar-refractivity contribution is 6.34. The Kier molecular flexibility index (Phi) is 4.10. The molecule has 102 valence electrons. The van der Waals surface area contributed by atoms with Gasteiger partial charge in [0, 0.05) is 0 Å². The molecule has 1 unspecified atom stereocenters. The Morgan fingerprint density at radius 2 is 2.16 bits per heavy atom. The molecule has 0 radical (unpaired) electrons. The number of nitrogens with zero attached hydrogens (tertiary/aromatic N) is 1. The van der Waals surface area contributed by atoms with Crippen LogP contribution in [0.4, 0.5) is 5.69 Å². The van der Waals surface area contributed by atoms with E-state index < -0.39 is 6.04 Å². The molecular weight excluding hydrogens is 264 g/mol. The smallest absolute Gasteiger partial charge is 0.250 e. The zero-order chi connectivity index (χ0) is 14.0. The second kappa shape index (κ2) is 5.61. The summed E-state index contributed by atoms with van der Waals surface area (Å²) < 4.78 is 0. The van der Waals surface area contributed by atoms with E-state index in [0.717, 1.165) is 12.0 Å². The quantitative estimate of drug-likeness (QED) is 0.923. The van der Waals surface area contributed by atoms with Gasteiger partial charge in [-0.1, -0.05) is 37.1 Å². The summed E-state index contributed by atoms with van der Waals surface area (Å²) in [6.07, 6.45) is 1.48. The molecule has 1 fully saturated rings. The predicted octanol–water partition coefficient (Wildman–Crippen LogP) is 2.28. The van der Waals surface area contributed by atoms with Gasteiger partial charge in [-0.15, -0.1) is 0 Å². The summed E-state index contributed by atoms with van der Waals surface area (Å²) in [5.41, 5.74) is 1.54. The second-order valence-corrected chi connectivity index (χ2v) is 5.15. The maximum Gasteiger partial charge on any atom is 0.250 e. The van der Waals surface area contributed by atoms with Gasteiger partial charge in [0.15, 0.2) is 0 Å². The van der Waals surface area contributed by atoms with Crippen molar-refractivity contribution >= 4 is 29.1 Å². The lowest BCUT2D eigenvalue weighted by Crippen LogP contribution is -2.58. The Bertz CT molecular complexity index is 496. The van der Waals surface area contributed by atoms with Gasteiger partial charge in [-0.25, -0.2) is 0 Å². The number of halogens is 1. The van der Waals surface area contributed by atoms with E-state index in [1.165, 1.54) is 4.90 Å². The topological polar surface area (TPSA) is 49.4 Å². The Balaban J connectivity index is 2.37. The van der Waals surface area contributed by atoms with E-state index in [-0.39, 0.29) is 18.4 Å². The minimum atomic E-state index is -0.443. The molecule has 0 aliphatic carbocycles. The molecular formula is C14H17ClN2O2. The van der Waals surface area contributed by atoms with Crippen LogP contribution in [0.15, 0.2) is 18.2 Å². The first-order valence-corrected chi connectivity index (χ1v) is 6.78. The number of carbonyl (C=O) groups is 2. The number of benzene rings is 1. The molecule has 1 saturated heterocycles. The summed E-state index contributed by atoms with van der Waals surface area (Å²) >= 11 is 6.18. The number of piperazine rings is 1. The summed E-state index contributed by atoms with van der Waals surface area (Å²) in [6.45, 7) is 3.90. The predicted molar refractivity (Wildman–Crippen MR) is 75.4 cm³/mol. The van der Waals surface area contributed by atoms with E-state index in [1.54, 1.807) is 6.07 Å². The van der Waals surface area contributed by atoms with Crippen LogP contribution in [0.25, 0.3) is 0 Å². The summed E-state index contributed by atoms with van der Waals surface area (Å²) in [5, 5.41) is 3.23. The lowest BCUT2D eigenvalue weighted by Gasteiger charge is -2.33. The number of hydrogen-bond acceptors (Lipinski definition) is 2. The molecule has 2 amide bonds. The Hall–Kier alpha value is -1.55. The number of amides is 2. The first-order valence-electron chi connectivity index (χ1n) is 6.40. The van der Waals surface area contributed by atoms with Gasteiger partial charge in [0.25, 0.3) is 0 Å². The van der Waals surface area contributed by atoms with Gasteiger partial charge in [-0.3, -0.25) is 14.5 Å². The first kappa shape index (κ1) is 13.9. The van der Waals surface area contributed by atoms with Gasteiger partial charge < -0.3 is 5.32 Å². The number of rotatable bonds is 3. The summed E-state index contributed by atoms with van der Waals surface area (Å²) in [5.74, 6) is -0.227. The summed E-state index contributed by atoms with van der Waals surface area (Å²) in [7, 11) is 0. The van der Waals surface area contributed by atoms with Crippen molar-refractivity contribution in [2.45, 2.75) is 32.7 Å². The number of nitrogens with one attached hydrogen (secondary N) is 1. The zero-order valence-electron chi connectivity index (χ0n) is 11.1. The molecule has 5 heteroatoms. The number of aryl methyl sites for hydroxylation is 1. The largest absolute Gasteiger partial charge is 0.343 e. The highest BCUT2D eigenvalue weighted by Crippen LogP contribution is 2.31. The molecule has 1 aliphatic rings. The van der Waals surface area contributed by atoms with Crippen molar-refractivity contribution in [2.24, 2.45) is 0 Å². The molecule has 0 spiro atoms. The van der Waals surface area contributed by atoms with E-state index in [9.17, 15) is 9.59 Å². The molecule has 1 aromatic rings. The van der Waals surface area contributed by atoms with Crippen LogP contribution in [-0.4, -0.2) is 24.4 Å². The van der Waals surface area contributed by atoms with Gasteiger partial charge in [0.1, 0.15) is 12.6 Å². The minimum Gasteiger partial charge on any atom is -0.343 e. The van der Waals surface area contributed by atoms with Crippen molar-refractivity contribution in [3.8, 4) is 0 Å². The Labute approximate surface area is 117 Å². The molecule has 1 aromatic carbocycles. The van der Waals surface area contributed by atoms with Gasteiger partial charge >= 0.3 is 0 Å². The first-order chi connectivity index (χ1) is 9.04. The van der Waals surface area contributed by atoms with Crippen LogP contribution < -0.4 is 10.2 Å². The van der Waals surface area contributed by atoms with E-state index in [2.05, 4.69) is 5.32 Å². The van der Waals surface area contributed by atoms with Crippen LogP contribution in [0.1, 0.15) is 25.3 Å². The monoisotopic (exact) mass is 280 g/mol. The molecule has 1 atom stereocenters. The Morgan fingerprint density at radius 1 is 1.42 bits per heavy atom. The molecule has 0 saturated carbocycles. The molecule has 1 aliphatic heterocycles. The Morgan fingerprint density at radius 3 is 2.79 bits per heavy atom. The van der Waals surface area contributed by atoms with Crippen LogP contribution in [-0.2, 0) is 9.59 Å². The molecule has 19 heavy (non-hydrogen) atoms. The van der Waals surface area contributed by atoms with Crippen molar-refractivity contribution < 1.29 is 9.59 Å². The third-order valence-corrected chi connectivity index (χ3v) is 3.54. The second-order valence-electron chi connectivity index (χ2n) is 4.74. The highest BCUT2D eigenvalue weighted by Gasteiger charge is 2.34. The molecule has 2 rings (SSSR count). The standard InChI is InChI=1S/C14H17ClN2O2/c1-3-5-11-14(19)17(8-12(18)16-11)13-9(2)6-4-7-10(13)15/h4,6-7,11H,3,5,8H2,1-2H3,(H,16,18). The lowest BCUT2D eigenvalue weighted by molar-refractivity contribution is -0.131. The van der Waals surface area contributed by atoms with Crippen LogP contribution in [0.3, 0.4) is 0 Å². The maximum absolute atomic E-state index is 12.4. The number of hydrogen-bond donors (Lipinski definition) is 1. The number of para-hydroxylation sites is 1. The summed E-state index contributed by atoms with van der Waals surface area (Å²) in [6, 6.07) is 5.01. The van der Waals surface area contributed by atoms with Crippen LogP contribution >= 0.6 is 11.6 Å². The zero-order valence-corrected chi connectivity index (χ0v) is 11.8. The van der Waals surface area contributed by atoms with E-state index in [1.807, 2.05) is 26.0 Å². The van der Waals surface area contributed by atoms with Gasteiger partial charge in [0.05, 0.1) is 10.7 Å². The van der Waals surface area contributed by atoms with E-state index in [4.69, 9.17) is 11.6 Å². The van der Waals surface area contributed by atoms with Crippen molar-refractivity contribution in [1.82, 2.24) is 5.32 Å². The van der Waals surface area contributed by atoms with Gasteiger partial charge in [-0.2, -0.15) is 0 Å². The van der Waals surface area contributed by atoms with Gasteiger partial charge in [0.2, 0.25) is 11.8 Å². The molecule has 1 heterocycles. The molecule has 1 N–H and O–H groups in total. The van der Waals surface area contributed by atoms with Crippen molar-refractivity contribution in [3.63, 3.8) is 0 Å². The summed E-state index contributed by atoms with van der Waals surface area (Å²) in [4.78, 5) is 25.7. The third-order valence-electron chi connectivity index (χ3n) is 3.24. The van der Waals surface area contributed by atoms with Crippen LogP contribution in [0.5, 0.6) is 0 Å². The number of carbonyl (C=O) groups excluding carboxylic acids is 2. The van der Waals surface area contributed by atoms with Crippen molar-refractivity contribution in [2.75, 3.05) is 11.4 Å². The molecule has 0 bridgehead atoms.